The Bertz CT molecular complexity index is 695. The molecule has 2 aromatic carbocycles. The summed E-state index contributed by atoms with van der Waals surface area (Å²) in [5, 5.41) is 4.02. The molecule has 0 spiro atoms. The third-order valence-corrected chi connectivity index (χ3v) is 3.62. The molecule has 0 aromatic heterocycles. The molecule has 0 radical (unpaired) electrons. The van der Waals surface area contributed by atoms with E-state index in [1.165, 1.54) is 12.1 Å². The van der Waals surface area contributed by atoms with Gasteiger partial charge in [-0.2, -0.15) is 0 Å². The number of hydrogen-bond donors (Lipinski definition) is 1. The largest absolute Gasteiger partial charge is 0.586 e. The van der Waals surface area contributed by atoms with Gasteiger partial charge < -0.3 is 14.8 Å². The van der Waals surface area contributed by atoms with Gasteiger partial charge in [0, 0.05) is 18.3 Å². The molecule has 1 heterocycles. The lowest BCUT2D eigenvalue weighted by Gasteiger charge is -2.08. The van der Waals surface area contributed by atoms with Crippen molar-refractivity contribution < 1.29 is 18.3 Å². The van der Waals surface area contributed by atoms with Crippen LogP contribution in [0.4, 0.5) is 14.5 Å². The van der Waals surface area contributed by atoms with E-state index in [1.807, 2.05) is 6.07 Å². The average molecular weight is 332 g/mol. The van der Waals surface area contributed by atoms with E-state index in [-0.39, 0.29) is 11.5 Å². The van der Waals surface area contributed by atoms with Crippen LogP contribution in [0.25, 0.3) is 0 Å². The summed E-state index contributed by atoms with van der Waals surface area (Å²) < 4.78 is 34.5. The van der Waals surface area contributed by atoms with Gasteiger partial charge in [0.15, 0.2) is 11.5 Å². The molecule has 21 heavy (non-hydrogen) atoms. The zero-order valence-corrected chi connectivity index (χ0v) is 12.0. The lowest BCUT2D eigenvalue weighted by Crippen LogP contribution is -2.25. The number of hydrogen-bond acceptors (Lipinski definition) is 3. The van der Waals surface area contributed by atoms with Gasteiger partial charge >= 0.3 is 6.29 Å². The number of halogens is 4. The Balaban J connectivity index is 1.71. The molecule has 0 atom stereocenters. The van der Waals surface area contributed by atoms with Gasteiger partial charge in [0.25, 0.3) is 0 Å². The maximum atomic E-state index is 12.9. The minimum absolute atomic E-state index is 0.000798. The summed E-state index contributed by atoms with van der Waals surface area (Å²) in [4.78, 5) is 0. The molecule has 1 N–H and O–H groups in total. The van der Waals surface area contributed by atoms with Gasteiger partial charge in [-0.15, -0.1) is 8.78 Å². The molecule has 0 saturated carbocycles. The highest BCUT2D eigenvalue weighted by Crippen LogP contribution is 2.42. The number of anilines is 1. The molecule has 3 rings (SSSR count). The Hall–Kier alpha value is -1.72. The maximum Gasteiger partial charge on any atom is 0.586 e. The van der Waals surface area contributed by atoms with Crippen LogP contribution >= 0.6 is 23.2 Å². The van der Waals surface area contributed by atoms with E-state index in [0.29, 0.717) is 22.3 Å². The molecule has 0 aliphatic carbocycles. The van der Waals surface area contributed by atoms with Crippen LogP contribution in [0.3, 0.4) is 0 Å². The fraction of sp³-hybridized carbons (Fsp3) is 0.143. The molecule has 7 heteroatoms. The molecule has 1 aliphatic heterocycles. The van der Waals surface area contributed by atoms with Crippen molar-refractivity contribution in [3.05, 3.63) is 52.0 Å². The summed E-state index contributed by atoms with van der Waals surface area (Å²) in [5.41, 5.74) is 1.54. The molecule has 0 fully saturated rings. The zero-order chi connectivity index (χ0) is 15.0. The van der Waals surface area contributed by atoms with Crippen molar-refractivity contribution in [2.75, 3.05) is 5.32 Å². The van der Waals surface area contributed by atoms with E-state index in [4.69, 9.17) is 23.2 Å². The SMILES string of the molecule is FC1(F)Oc2ccc(NCc3ccc(Cl)c(Cl)c3)cc2O1. The van der Waals surface area contributed by atoms with Gasteiger partial charge in [-0.1, -0.05) is 29.3 Å². The van der Waals surface area contributed by atoms with Crippen molar-refractivity contribution in [2.45, 2.75) is 12.8 Å². The fourth-order valence-electron chi connectivity index (χ4n) is 1.91. The van der Waals surface area contributed by atoms with E-state index in [2.05, 4.69) is 14.8 Å². The average Bonchev–Trinajstić information content (AvgIpc) is 2.73. The first-order chi connectivity index (χ1) is 9.93. The molecule has 110 valence electrons. The van der Waals surface area contributed by atoms with Crippen LogP contribution in [-0.4, -0.2) is 6.29 Å². The normalized spacial score (nSPS) is 15.0. The van der Waals surface area contributed by atoms with Gasteiger partial charge in [0.1, 0.15) is 0 Å². The molecule has 1 aliphatic rings. The Morgan fingerprint density at radius 2 is 1.71 bits per heavy atom. The number of rotatable bonds is 3. The van der Waals surface area contributed by atoms with Crippen LogP contribution in [-0.2, 0) is 6.54 Å². The summed E-state index contributed by atoms with van der Waals surface area (Å²) in [5.74, 6) is 0.0132. The smallest absolute Gasteiger partial charge is 0.395 e. The van der Waals surface area contributed by atoms with Crippen LogP contribution in [0.5, 0.6) is 11.5 Å². The second-order valence-electron chi connectivity index (χ2n) is 4.43. The molecule has 0 saturated heterocycles. The summed E-state index contributed by atoms with van der Waals surface area (Å²) in [6.45, 7) is 0.465. The van der Waals surface area contributed by atoms with E-state index in [0.717, 1.165) is 5.56 Å². The Morgan fingerprint density at radius 3 is 2.48 bits per heavy atom. The Morgan fingerprint density at radius 1 is 0.952 bits per heavy atom. The van der Waals surface area contributed by atoms with Crippen LogP contribution in [0, 0.1) is 0 Å². The lowest BCUT2D eigenvalue weighted by molar-refractivity contribution is -0.286. The van der Waals surface area contributed by atoms with Gasteiger partial charge in [-0.3, -0.25) is 0 Å². The molecule has 2 aromatic rings. The first-order valence-corrected chi connectivity index (χ1v) is 6.76. The monoisotopic (exact) mass is 331 g/mol. The highest BCUT2D eigenvalue weighted by Gasteiger charge is 2.43. The van der Waals surface area contributed by atoms with Gasteiger partial charge in [0.2, 0.25) is 0 Å². The van der Waals surface area contributed by atoms with Gasteiger partial charge in [-0.25, -0.2) is 0 Å². The number of ether oxygens (including phenoxy) is 2. The second kappa shape index (κ2) is 5.24. The minimum Gasteiger partial charge on any atom is -0.395 e. The molecule has 0 bridgehead atoms. The Kier molecular flexibility index (Phi) is 3.55. The van der Waals surface area contributed by atoms with Crippen LogP contribution in [0.15, 0.2) is 36.4 Å². The van der Waals surface area contributed by atoms with Crippen LogP contribution in [0.1, 0.15) is 5.56 Å². The molecule has 0 amide bonds. The zero-order valence-electron chi connectivity index (χ0n) is 10.5. The highest BCUT2D eigenvalue weighted by atomic mass is 35.5. The molecular weight excluding hydrogens is 323 g/mol. The Labute approximate surface area is 129 Å². The third-order valence-electron chi connectivity index (χ3n) is 2.88. The fourth-order valence-corrected chi connectivity index (χ4v) is 2.23. The van der Waals surface area contributed by atoms with Crippen molar-refractivity contribution >= 4 is 28.9 Å². The standard InChI is InChI=1S/C14H9Cl2F2NO2/c15-10-3-1-8(5-11(10)16)7-19-9-2-4-12-13(6-9)21-14(17,18)20-12/h1-6,19H,7H2. The van der Waals surface area contributed by atoms with Crippen molar-refractivity contribution in [3.8, 4) is 11.5 Å². The number of nitrogens with one attached hydrogen (secondary N) is 1. The van der Waals surface area contributed by atoms with E-state index < -0.39 is 6.29 Å². The maximum absolute atomic E-state index is 12.9. The highest BCUT2D eigenvalue weighted by molar-refractivity contribution is 6.42. The second-order valence-corrected chi connectivity index (χ2v) is 5.25. The van der Waals surface area contributed by atoms with E-state index >= 15 is 0 Å². The lowest BCUT2D eigenvalue weighted by atomic mass is 10.2. The third kappa shape index (κ3) is 3.14. The van der Waals surface area contributed by atoms with Crippen molar-refractivity contribution in [1.29, 1.82) is 0 Å². The quantitative estimate of drug-likeness (QED) is 0.865. The minimum atomic E-state index is -3.61. The molecule has 0 unspecified atom stereocenters. The van der Waals surface area contributed by atoms with Crippen LogP contribution in [0.2, 0.25) is 10.0 Å². The van der Waals surface area contributed by atoms with E-state index in [9.17, 15) is 8.78 Å². The predicted molar refractivity (Wildman–Crippen MR) is 76.4 cm³/mol. The summed E-state index contributed by atoms with van der Waals surface area (Å²) in [7, 11) is 0. The molecule has 3 nitrogen and oxygen atoms in total. The van der Waals surface area contributed by atoms with Crippen LogP contribution < -0.4 is 14.8 Å². The van der Waals surface area contributed by atoms with E-state index in [1.54, 1.807) is 18.2 Å². The first kappa shape index (κ1) is 14.2. The van der Waals surface area contributed by atoms with Gasteiger partial charge in [0.05, 0.1) is 10.0 Å². The summed E-state index contributed by atoms with van der Waals surface area (Å²) >= 11 is 11.8. The molecular formula is C14H9Cl2F2NO2. The topological polar surface area (TPSA) is 30.5 Å². The van der Waals surface area contributed by atoms with Crippen molar-refractivity contribution in [1.82, 2.24) is 0 Å². The predicted octanol–water partition coefficient (Wildman–Crippen LogP) is 4.93. The number of alkyl halides is 2. The summed E-state index contributed by atoms with van der Waals surface area (Å²) in [6.07, 6.45) is -3.61. The van der Waals surface area contributed by atoms with Gasteiger partial charge in [-0.05, 0) is 29.8 Å². The van der Waals surface area contributed by atoms with Crippen molar-refractivity contribution in [3.63, 3.8) is 0 Å². The summed E-state index contributed by atoms with van der Waals surface area (Å²) in [6, 6.07) is 9.75. The number of fused-ring (bicyclic) bond motifs is 1. The number of benzene rings is 2. The van der Waals surface area contributed by atoms with Crippen molar-refractivity contribution in [2.24, 2.45) is 0 Å². The first-order valence-electron chi connectivity index (χ1n) is 6.01.